The summed E-state index contributed by atoms with van der Waals surface area (Å²) in [4.78, 5) is 18.5. The molecule has 2 atom stereocenters. The highest BCUT2D eigenvalue weighted by Gasteiger charge is 2.46. The molecule has 3 heterocycles. The Bertz CT molecular complexity index is 1380. The molecule has 0 radical (unpaired) electrons. The van der Waals surface area contributed by atoms with Crippen LogP contribution in [0.15, 0.2) is 76.1 Å². The van der Waals surface area contributed by atoms with Crippen molar-refractivity contribution >= 4 is 22.5 Å². The molecule has 7 heteroatoms. The molecule has 0 amide bonds. The summed E-state index contributed by atoms with van der Waals surface area (Å²) >= 11 is 6.24. The normalized spacial score (nSPS) is 20.3. The van der Waals surface area contributed by atoms with Crippen LogP contribution in [0.5, 0.6) is 0 Å². The Kier molecular flexibility index (Phi) is 6.30. The van der Waals surface area contributed by atoms with Crippen molar-refractivity contribution in [3.05, 3.63) is 99.5 Å². The fourth-order valence-corrected chi connectivity index (χ4v) is 5.33. The van der Waals surface area contributed by atoms with Gasteiger partial charge in [-0.2, -0.15) is 0 Å². The Hall–Kier alpha value is -2.93. The molecular weight excluding hydrogens is 460 g/mol. The van der Waals surface area contributed by atoms with Crippen LogP contribution in [-0.2, 0) is 18.6 Å². The number of rotatable bonds is 7. The van der Waals surface area contributed by atoms with Crippen LogP contribution in [0.2, 0.25) is 5.02 Å². The third-order valence-electron chi connectivity index (χ3n) is 6.69. The average molecular weight is 491 g/mol. The van der Waals surface area contributed by atoms with Gasteiger partial charge in [0.05, 0.1) is 23.7 Å². The molecule has 2 N–H and O–H groups in total. The molecule has 1 fully saturated rings. The van der Waals surface area contributed by atoms with E-state index < -0.39 is 5.66 Å². The monoisotopic (exact) mass is 490 g/mol. The van der Waals surface area contributed by atoms with E-state index in [0.29, 0.717) is 28.9 Å². The third-order valence-corrected chi connectivity index (χ3v) is 6.93. The zero-order chi connectivity index (χ0) is 24.6. The van der Waals surface area contributed by atoms with E-state index in [0.717, 1.165) is 30.1 Å². The fourth-order valence-electron chi connectivity index (χ4n) is 5.16. The summed E-state index contributed by atoms with van der Waals surface area (Å²) in [5.74, 6) is 1.82. The van der Waals surface area contributed by atoms with E-state index >= 15 is 0 Å². The molecular formula is C28H31ClN4O2. The lowest BCUT2D eigenvalue weighted by Gasteiger charge is -2.33. The van der Waals surface area contributed by atoms with Gasteiger partial charge in [0.15, 0.2) is 0 Å². The van der Waals surface area contributed by atoms with E-state index in [4.69, 9.17) is 21.0 Å². The molecule has 2 unspecified atom stereocenters. The lowest BCUT2D eigenvalue weighted by Crippen LogP contribution is -2.50. The van der Waals surface area contributed by atoms with Crippen molar-refractivity contribution in [3.8, 4) is 0 Å². The second-order valence-corrected chi connectivity index (χ2v) is 10.8. The molecule has 0 saturated carbocycles. The standard InChI is InChI=1S/C28H31ClN4O2/c1-19(16-28(24-10-7-13-35-24)30-18-27(2,3)32-28)14-25-31-23-15-21(29)11-12-22(23)26(34)33(25)17-20-8-5-4-6-9-20/h4-13,15,19,30,32H,14,16-18H2,1-3H3. The number of aromatic nitrogens is 2. The van der Waals surface area contributed by atoms with Gasteiger partial charge in [-0.25, -0.2) is 4.98 Å². The van der Waals surface area contributed by atoms with Gasteiger partial charge < -0.3 is 4.42 Å². The fraction of sp³-hybridized carbons (Fsp3) is 0.357. The minimum Gasteiger partial charge on any atom is -0.466 e. The molecule has 0 bridgehead atoms. The summed E-state index contributed by atoms with van der Waals surface area (Å²) < 4.78 is 7.65. The van der Waals surface area contributed by atoms with Crippen LogP contribution in [0.3, 0.4) is 0 Å². The summed E-state index contributed by atoms with van der Waals surface area (Å²) in [6, 6.07) is 19.2. The summed E-state index contributed by atoms with van der Waals surface area (Å²) in [6.45, 7) is 7.86. The van der Waals surface area contributed by atoms with Crippen LogP contribution in [0.4, 0.5) is 0 Å². The first-order valence-corrected chi connectivity index (χ1v) is 12.4. The predicted molar refractivity (Wildman–Crippen MR) is 140 cm³/mol. The third kappa shape index (κ3) is 4.92. The molecule has 2 aromatic carbocycles. The summed E-state index contributed by atoms with van der Waals surface area (Å²) in [6.07, 6.45) is 3.12. The van der Waals surface area contributed by atoms with Gasteiger partial charge in [0, 0.05) is 23.5 Å². The van der Waals surface area contributed by atoms with Crippen molar-refractivity contribution < 1.29 is 4.42 Å². The van der Waals surface area contributed by atoms with Crippen LogP contribution < -0.4 is 16.2 Å². The molecule has 1 aliphatic rings. The van der Waals surface area contributed by atoms with E-state index in [1.165, 1.54) is 0 Å². The number of hydrogen-bond donors (Lipinski definition) is 2. The number of halogens is 1. The lowest BCUT2D eigenvalue weighted by atomic mass is 9.91. The Morgan fingerprint density at radius 3 is 2.63 bits per heavy atom. The van der Waals surface area contributed by atoms with Gasteiger partial charge in [0.1, 0.15) is 17.2 Å². The molecule has 4 aromatic rings. The zero-order valence-corrected chi connectivity index (χ0v) is 21.1. The van der Waals surface area contributed by atoms with Crippen LogP contribution in [0.25, 0.3) is 10.9 Å². The van der Waals surface area contributed by atoms with Gasteiger partial charge in [-0.05, 0) is 62.1 Å². The molecule has 5 rings (SSSR count). The Balaban J connectivity index is 1.51. The second kappa shape index (κ2) is 9.26. The van der Waals surface area contributed by atoms with Crippen LogP contribution in [0, 0.1) is 5.92 Å². The summed E-state index contributed by atoms with van der Waals surface area (Å²) in [5.41, 5.74) is 1.10. The number of benzene rings is 2. The van der Waals surface area contributed by atoms with E-state index in [1.807, 2.05) is 42.5 Å². The Labute approximate surface area is 210 Å². The van der Waals surface area contributed by atoms with Crippen LogP contribution >= 0.6 is 11.6 Å². The van der Waals surface area contributed by atoms with Crippen LogP contribution in [0.1, 0.15) is 44.3 Å². The van der Waals surface area contributed by atoms with Gasteiger partial charge >= 0.3 is 0 Å². The molecule has 1 aliphatic heterocycles. The topological polar surface area (TPSA) is 72.1 Å². The molecule has 182 valence electrons. The molecule has 0 spiro atoms. The highest BCUT2D eigenvalue weighted by Crippen LogP contribution is 2.34. The second-order valence-electron chi connectivity index (χ2n) is 10.3. The molecule has 35 heavy (non-hydrogen) atoms. The van der Waals surface area contributed by atoms with Crippen molar-refractivity contribution in [2.75, 3.05) is 6.54 Å². The first kappa shape index (κ1) is 23.8. The quantitative estimate of drug-likeness (QED) is 0.378. The van der Waals surface area contributed by atoms with E-state index in [9.17, 15) is 4.79 Å². The smallest absolute Gasteiger partial charge is 0.261 e. The maximum Gasteiger partial charge on any atom is 0.261 e. The van der Waals surface area contributed by atoms with Crippen molar-refractivity contribution in [1.29, 1.82) is 0 Å². The van der Waals surface area contributed by atoms with Gasteiger partial charge in [-0.3, -0.25) is 20.0 Å². The van der Waals surface area contributed by atoms with E-state index in [-0.39, 0.29) is 17.0 Å². The minimum atomic E-state index is -0.475. The maximum atomic E-state index is 13.6. The number of fused-ring (bicyclic) bond motifs is 1. The predicted octanol–water partition coefficient (Wildman–Crippen LogP) is 5.08. The SMILES string of the molecule is CC(Cc1nc2cc(Cl)ccc2c(=O)n1Cc1ccccc1)CC1(c2ccco2)NCC(C)(C)N1. The van der Waals surface area contributed by atoms with Gasteiger partial charge in [0.2, 0.25) is 0 Å². The lowest BCUT2D eigenvalue weighted by molar-refractivity contribution is 0.201. The van der Waals surface area contributed by atoms with Crippen molar-refractivity contribution in [2.45, 2.75) is 51.4 Å². The first-order chi connectivity index (χ1) is 16.7. The number of nitrogens with zero attached hydrogens (tertiary/aromatic N) is 2. The molecule has 0 aliphatic carbocycles. The van der Waals surface area contributed by atoms with Gasteiger partial charge in [-0.15, -0.1) is 0 Å². The summed E-state index contributed by atoms with van der Waals surface area (Å²) in [5, 5.41) is 8.58. The number of furan rings is 1. The zero-order valence-electron chi connectivity index (χ0n) is 20.3. The van der Waals surface area contributed by atoms with Crippen molar-refractivity contribution in [1.82, 2.24) is 20.2 Å². The average Bonchev–Trinajstić information content (AvgIpc) is 3.46. The number of nitrogens with one attached hydrogen (secondary N) is 2. The highest BCUT2D eigenvalue weighted by atomic mass is 35.5. The summed E-state index contributed by atoms with van der Waals surface area (Å²) in [7, 11) is 0. The van der Waals surface area contributed by atoms with E-state index in [2.05, 4.69) is 31.4 Å². The highest BCUT2D eigenvalue weighted by molar-refractivity contribution is 6.31. The Morgan fingerprint density at radius 1 is 1.14 bits per heavy atom. The van der Waals surface area contributed by atoms with Crippen LogP contribution in [-0.4, -0.2) is 21.6 Å². The van der Waals surface area contributed by atoms with Crippen molar-refractivity contribution in [3.63, 3.8) is 0 Å². The van der Waals surface area contributed by atoms with Gasteiger partial charge in [0.25, 0.3) is 5.56 Å². The number of hydrogen-bond acceptors (Lipinski definition) is 5. The Morgan fingerprint density at radius 2 is 1.94 bits per heavy atom. The molecule has 6 nitrogen and oxygen atoms in total. The van der Waals surface area contributed by atoms with Crippen molar-refractivity contribution in [2.24, 2.45) is 5.92 Å². The van der Waals surface area contributed by atoms with E-state index in [1.54, 1.807) is 29.0 Å². The minimum absolute atomic E-state index is 0.0447. The molecule has 1 saturated heterocycles. The molecule has 2 aromatic heterocycles. The van der Waals surface area contributed by atoms with Gasteiger partial charge in [-0.1, -0.05) is 48.9 Å². The maximum absolute atomic E-state index is 13.6. The largest absolute Gasteiger partial charge is 0.466 e. The first-order valence-electron chi connectivity index (χ1n) is 12.1.